The molecule has 212 valence electrons. The highest BCUT2D eigenvalue weighted by Crippen LogP contribution is 2.51. The zero-order chi connectivity index (χ0) is 29.7. The highest BCUT2D eigenvalue weighted by Gasteiger charge is 2.39. The standard InChI is InChI=1S/C41H30O3/c1-42-31-22-20-30(21-23-31)41(29-18-16-28(17-19-29)27-10-4-3-5-11-27)25-24-36-38(43-2)26-37-34-14-7-6-12-32(34)33-13-8-9-15-35(33)39(37)40(36)44-41/h3-26H,1-2H3. The molecular weight excluding hydrogens is 540 g/mol. The number of ether oxygens (including phenoxy) is 3. The summed E-state index contributed by atoms with van der Waals surface area (Å²) in [6, 6.07) is 46.7. The summed E-state index contributed by atoms with van der Waals surface area (Å²) in [4.78, 5) is 0. The van der Waals surface area contributed by atoms with Crippen molar-refractivity contribution in [3.63, 3.8) is 0 Å². The van der Waals surface area contributed by atoms with Gasteiger partial charge in [0.1, 0.15) is 17.2 Å². The Labute approximate surface area is 256 Å². The van der Waals surface area contributed by atoms with Gasteiger partial charge >= 0.3 is 0 Å². The Morgan fingerprint density at radius 1 is 0.523 bits per heavy atom. The molecule has 1 atom stereocenters. The van der Waals surface area contributed by atoms with E-state index in [-0.39, 0.29) is 0 Å². The summed E-state index contributed by atoms with van der Waals surface area (Å²) in [7, 11) is 3.42. The van der Waals surface area contributed by atoms with Crippen LogP contribution in [0.3, 0.4) is 0 Å². The summed E-state index contributed by atoms with van der Waals surface area (Å²) in [5.41, 5.74) is 4.42. The highest BCUT2D eigenvalue weighted by molar-refractivity contribution is 6.27. The fourth-order valence-electron chi connectivity index (χ4n) is 6.70. The number of benzene rings is 7. The van der Waals surface area contributed by atoms with Gasteiger partial charge in [-0.2, -0.15) is 0 Å². The maximum absolute atomic E-state index is 7.42. The van der Waals surface area contributed by atoms with Crippen LogP contribution in [-0.2, 0) is 5.60 Å². The topological polar surface area (TPSA) is 27.7 Å². The second-order valence-electron chi connectivity index (χ2n) is 11.2. The van der Waals surface area contributed by atoms with Crippen LogP contribution in [0, 0.1) is 0 Å². The monoisotopic (exact) mass is 570 g/mol. The average molecular weight is 571 g/mol. The number of hydrogen-bond donors (Lipinski definition) is 0. The van der Waals surface area contributed by atoms with Gasteiger partial charge in [0.25, 0.3) is 0 Å². The third-order valence-electron chi connectivity index (χ3n) is 8.89. The molecule has 0 aromatic heterocycles. The maximum Gasteiger partial charge on any atom is 0.178 e. The number of rotatable bonds is 5. The predicted molar refractivity (Wildman–Crippen MR) is 181 cm³/mol. The SMILES string of the molecule is COc1ccc(C2(c3ccc(-c4ccccc4)cc3)C=Cc3c(OC)cc4c5ccccc5c5ccccc5c4c3O2)cc1. The Morgan fingerprint density at radius 3 is 1.70 bits per heavy atom. The first kappa shape index (κ1) is 26.1. The molecule has 0 spiro atoms. The van der Waals surface area contributed by atoms with Crippen molar-refractivity contribution in [2.75, 3.05) is 14.2 Å². The van der Waals surface area contributed by atoms with Gasteiger partial charge in [0.05, 0.1) is 19.8 Å². The van der Waals surface area contributed by atoms with E-state index in [1.54, 1.807) is 14.2 Å². The van der Waals surface area contributed by atoms with Crippen LogP contribution >= 0.6 is 0 Å². The van der Waals surface area contributed by atoms with Crippen molar-refractivity contribution in [1.82, 2.24) is 0 Å². The van der Waals surface area contributed by atoms with Crippen molar-refractivity contribution >= 4 is 38.4 Å². The Kier molecular flexibility index (Phi) is 6.13. The fourth-order valence-corrected chi connectivity index (χ4v) is 6.70. The quantitative estimate of drug-likeness (QED) is 0.193. The van der Waals surface area contributed by atoms with E-state index in [2.05, 4.69) is 127 Å². The van der Waals surface area contributed by atoms with Gasteiger partial charge in [0.2, 0.25) is 0 Å². The summed E-state index contributed by atoms with van der Waals surface area (Å²) in [6.07, 6.45) is 4.32. The van der Waals surface area contributed by atoms with Crippen LogP contribution < -0.4 is 14.2 Å². The molecule has 1 heterocycles. The van der Waals surface area contributed by atoms with Crippen LogP contribution in [0.15, 0.2) is 140 Å². The van der Waals surface area contributed by atoms with E-state index < -0.39 is 5.60 Å². The van der Waals surface area contributed by atoms with Crippen LogP contribution in [0.25, 0.3) is 49.5 Å². The normalized spacial score (nSPS) is 15.7. The third kappa shape index (κ3) is 3.97. The maximum atomic E-state index is 7.42. The van der Waals surface area contributed by atoms with Crippen molar-refractivity contribution in [2.45, 2.75) is 5.60 Å². The molecule has 0 N–H and O–H groups in total. The lowest BCUT2D eigenvalue weighted by Crippen LogP contribution is -2.34. The first-order chi connectivity index (χ1) is 21.7. The second-order valence-corrected chi connectivity index (χ2v) is 11.2. The molecular formula is C41H30O3. The molecule has 0 radical (unpaired) electrons. The van der Waals surface area contributed by atoms with Crippen LogP contribution in [0.5, 0.6) is 17.2 Å². The van der Waals surface area contributed by atoms with E-state index in [1.807, 2.05) is 18.2 Å². The van der Waals surface area contributed by atoms with Crippen molar-refractivity contribution < 1.29 is 14.2 Å². The lowest BCUT2D eigenvalue weighted by Gasteiger charge is -2.37. The van der Waals surface area contributed by atoms with Crippen molar-refractivity contribution in [1.29, 1.82) is 0 Å². The molecule has 1 aliphatic rings. The van der Waals surface area contributed by atoms with E-state index in [9.17, 15) is 0 Å². The number of fused-ring (bicyclic) bond motifs is 8. The van der Waals surface area contributed by atoms with Gasteiger partial charge in [-0.25, -0.2) is 0 Å². The average Bonchev–Trinajstić information content (AvgIpc) is 3.11. The fraction of sp³-hybridized carbons (Fsp3) is 0.0732. The molecule has 7 aromatic carbocycles. The molecule has 0 amide bonds. The molecule has 0 bridgehead atoms. The van der Waals surface area contributed by atoms with E-state index in [0.29, 0.717) is 0 Å². The summed E-state index contributed by atoms with van der Waals surface area (Å²) >= 11 is 0. The van der Waals surface area contributed by atoms with E-state index in [1.165, 1.54) is 21.7 Å². The van der Waals surface area contributed by atoms with Gasteiger partial charge in [-0.3, -0.25) is 0 Å². The Bertz CT molecular complexity index is 2200. The molecule has 7 aromatic rings. The molecule has 0 saturated carbocycles. The minimum absolute atomic E-state index is 0.784. The van der Waals surface area contributed by atoms with Gasteiger partial charge < -0.3 is 14.2 Å². The van der Waals surface area contributed by atoms with E-state index >= 15 is 0 Å². The third-order valence-corrected chi connectivity index (χ3v) is 8.89. The van der Waals surface area contributed by atoms with E-state index in [0.717, 1.165) is 55.7 Å². The largest absolute Gasteiger partial charge is 0.497 e. The van der Waals surface area contributed by atoms with Crippen LogP contribution in [0.2, 0.25) is 0 Å². The highest BCUT2D eigenvalue weighted by atomic mass is 16.5. The number of hydrogen-bond acceptors (Lipinski definition) is 3. The van der Waals surface area contributed by atoms with E-state index in [4.69, 9.17) is 14.2 Å². The molecule has 44 heavy (non-hydrogen) atoms. The second kappa shape index (κ2) is 10.3. The minimum Gasteiger partial charge on any atom is -0.497 e. The van der Waals surface area contributed by atoms with Gasteiger partial charge in [-0.15, -0.1) is 0 Å². The molecule has 3 heteroatoms. The van der Waals surface area contributed by atoms with Gasteiger partial charge in [-0.1, -0.05) is 115 Å². The minimum atomic E-state index is -0.888. The smallest absolute Gasteiger partial charge is 0.178 e. The summed E-state index contributed by atoms with van der Waals surface area (Å²) in [5.74, 6) is 2.40. The molecule has 8 rings (SSSR count). The zero-order valence-electron chi connectivity index (χ0n) is 24.6. The Balaban J connectivity index is 1.42. The van der Waals surface area contributed by atoms with Crippen LogP contribution in [-0.4, -0.2) is 14.2 Å². The summed E-state index contributed by atoms with van der Waals surface area (Å²) in [6.45, 7) is 0. The van der Waals surface area contributed by atoms with Gasteiger partial charge in [0, 0.05) is 16.5 Å². The Hall–Kier alpha value is -5.54. The van der Waals surface area contributed by atoms with Crippen molar-refractivity contribution in [2.24, 2.45) is 0 Å². The van der Waals surface area contributed by atoms with Gasteiger partial charge in [-0.05, 0) is 68.4 Å². The van der Waals surface area contributed by atoms with Gasteiger partial charge in [0.15, 0.2) is 5.60 Å². The lowest BCUT2D eigenvalue weighted by atomic mass is 9.82. The summed E-state index contributed by atoms with van der Waals surface area (Å²) < 4.78 is 18.9. The lowest BCUT2D eigenvalue weighted by molar-refractivity contribution is 0.163. The van der Waals surface area contributed by atoms with Crippen molar-refractivity contribution in [3.8, 4) is 28.4 Å². The summed E-state index contributed by atoms with van der Waals surface area (Å²) in [5, 5.41) is 6.91. The molecule has 0 saturated heterocycles. The van der Waals surface area contributed by atoms with Crippen LogP contribution in [0.1, 0.15) is 16.7 Å². The molecule has 1 aliphatic heterocycles. The predicted octanol–water partition coefficient (Wildman–Crippen LogP) is 10.2. The molecule has 0 fully saturated rings. The Morgan fingerprint density at radius 2 is 1.07 bits per heavy atom. The molecule has 0 aliphatic carbocycles. The van der Waals surface area contributed by atoms with Crippen LogP contribution in [0.4, 0.5) is 0 Å². The zero-order valence-corrected chi connectivity index (χ0v) is 24.6. The first-order valence-electron chi connectivity index (χ1n) is 14.8. The van der Waals surface area contributed by atoms with Crippen molar-refractivity contribution in [3.05, 3.63) is 156 Å². The molecule has 1 unspecified atom stereocenters. The first-order valence-corrected chi connectivity index (χ1v) is 14.8. The number of methoxy groups -OCH3 is 2. The molecule has 3 nitrogen and oxygen atoms in total.